The van der Waals surface area contributed by atoms with E-state index in [1.54, 1.807) is 46.5 Å². The lowest BCUT2D eigenvalue weighted by molar-refractivity contribution is -0.143. The van der Waals surface area contributed by atoms with Crippen LogP contribution in [0.1, 0.15) is 150 Å². The predicted octanol–water partition coefficient (Wildman–Crippen LogP) is -6.16. The van der Waals surface area contributed by atoms with Gasteiger partial charge in [-0.25, -0.2) is 4.79 Å². The normalized spacial score (nSPS) is 15.3. The van der Waals surface area contributed by atoms with Gasteiger partial charge in [0.15, 0.2) is 5.96 Å². The number of primary amides is 1. The van der Waals surface area contributed by atoms with Gasteiger partial charge in [-0.1, -0.05) is 66.5 Å². The van der Waals surface area contributed by atoms with E-state index in [0.717, 1.165) is 6.92 Å². The van der Waals surface area contributed by atoms with Gasteiger partial charge in [0.2, 0.25) is 88.6 Å². The maximum atomic E-state index is 14.8. The van der Waals surface area contributed by atoms with Gasteiger partial charge in [0.1, 0.15) is 84.3 Å². The Morgan fingerprint density at radius 2 is 0.803 bits per heavy atom. The van der Waals surface area contributed by atoms with Crippen molar-refractivity contribution >= 4 is 142 Å². The third-order valence-electron chi connectivity index (χ3n) is 19.3. The molecule has 0 aromatic heterocycles. The largest absolute Gasteiger partial charge is 0.508 e. The van der Waals surface area contributed by atoms with Crippen molar-refractivity contribution in [2.24, 2.45) is 51.4 Å². The first-order valence-corrected chi connectivity index (χ1v) is 44.4. The highest BCUT2D eigenvalue weighted by Gasteiger charge is 2.40. The molecule has 0 aliphatic rings. The summed E-state index contributed by atoms with van der Waals surface area (Å²) >= 11 is 3.83. The number of hydrogen-bond acceptors (Lipinski definition) is 27. The van der Waals surface area contributed by atoms with Gasteiger partial charge in [0, 0.05) is 25.8 Å². The number of carboxylic acid groups (broad SMARTS) is 2. The Kier molecular flexibility index (Phi) is 54.0. The number of amides is 15. The smallest absolute Gasteiger partial charge is 0.328 e. The van der Waals surface area contributed by atoms with Crippen LogP contribution < -0.4 is 103 Å². The highest BCUT2D eigenvalue weighted by molar-refractivity contribution is 7.99. The summed E-state index contributed by atoms with van der Waals surface area (Å²) in [4.78, 5) is 237. The zero-order valence-electron chi connectivity index (χ0n) is 70.9. The molecule has 0 heterocycles. The number of aliphatic carboxylic acids is 2. The van der Waals surface area contributed by atoms with E-state index in [1.807, 2.05) is 13.8 Å². The molecule has 0 unspecified atom stereocenters. The molecule has 0 saturated carbocycles. The molecular weight excluding hydrogens is 1660 g/mol. The van der Waals surface area contributed by atoms with Crippen LogP contribution in [0.2, 0.25) is 0 Å². The Morgan fingerprint density at radius 1 is 0.434 bits per heavy atom. The summed E-state index contributed by atoms with van der Waals surface area (Å²) in [6, 6.07) is -15.9. The lowest BCUT2D eigenvalue weighted by Crippen LogP contribution is -2.62. The summed E-state index contributed by atoms with van der Waals surface area (Å²) in [5.41, 5.74) is 28.5. The summed E-state index contributed by atoms with van der Waals surface area (Å²) in [5, 5.41) is 94.6. The van der Waals surface area contributed by atoms with Crippen LogP contribution in [-0.4, -0.2) is 297 Å². The number of thioether (sulfide) groups is 3. The van der Waals surface area contributed by atoms with E-state index in [4.69, 9.17) is 28.7 Å². The maximum absolute atomic E-state index is 14.8. The van der Waals surface area contributed by atoms with Crippen molar-refractivity contribution in [3.05, 3.63) is 29.8 Å². The number of nitrogens with two attached hydrogens (primary N) is 5. The minimum atomic E-state index is -1.80. The van der Waals surface area contributed by atoms with Crippen LogP contribution in [0.25, 0.3) is 0 Å². The molecule has 43 nitrogen and oxygen atoms in total. The fourth-order valence-electron chi connectivity index (χ4n) is 11.7. The molecule has 0 bridgehead atoms. The minimum Gasteiger partial charge on any atom is -0.508 e. The average Bonchev–Trinajstić information content (AvgIpc) is 0.842. The molecule has 30 N–H and O–H groups in total. The van der Waals surface area contributed by atoms with Crippen LogP contribution in [0, 0.1) is 17.8 Å². The SMILES string of the molecule is CC[C@H](C)[C@H](NC(=O)[C@H](Cc1ccc(O)cc1)NC(=O)[C@H](CCSC)NC(=O)[C@H](CCCCN)NC(=O)[C@H](CCSC)NC(=O)CNC(=O)[C@H](CCC(=O)O)NC(=O)[C@H](CCSC)NC(=O)[C@@H](NC(=O)[C@@H](NC(=O)[C@H](CO)NC(=O)[C@@H](N)CC(C)C)[C@@H](C)O)[C@@H](C)CC)C(=O)N[C@@H](CCC(N)=O)C(=O)N[C@@H](CCCN=C(N)N)C(=O)N[C@@H](CO)C(=O)O. The number of carbonyl (C=O) groups is 17. The molecule has 122 heavy (non-hydrogen) atoms. The van der Waals surface area contributed by atoms with Crippen LogP contribution in [0.3, 0.4) is 0 Å². The molecule has 0 aliphatic carbocycles. The highest BCUT2D eigenvalue weighted by atomic mass is 32.2. The van der Waals surface area contributed by atoms with Crippen LogP contribution >= 0.6 is 35.3 Å². The molecule has 0 fully saturated rings. The topological polar surface area (TPSA) is 722 Å². The second-order valence-electron chi connectivity index (χ2n) is 29.7. The predicted molar refractivity (Wildman–Crippen MR) is 457 cm³/mol. The van der Waals surface area contributed by atoms with E-state index >= 15 is 0 Å². The lowest BCUT2D eigenvalue weighted by atomic mass is 9.96. The standard InChI is InChI=1S/C76H130N20O23S3/c1-11-40(5)59(72(115)89-49(22-24-56(79)101)66(109)86-47(17-15-30-82-76(80)81)65(108)93-55(38-98)75(118)119)94-70(113)53(35-43-18-20-44(100)21-19-43)91-69(112)51(27-32-121-9)88-64(107)46(16-13-14-29-77)85-67(110)50(26-31-120-8)84-57(102)36-83-63(106)48(23-25-58(103)104)87-68(111)52(28-33-122-10)90-73(116)60(41(6)12-2)95-74(117)61(42(7)99)96-71(114)54(37-97)92-62(105)45(78)34-39(3)4/h18-21,39-42,45-55,59-61,97-100H,11-17,22-38,77-78H2,1-10H3,(H2,79,101)(H,83,106)(H,84,102)(H,85,110)(H,86,109)(H,87,111)(H,88,107)(H,89,115)(H,90,116)(H,91,112)(H,92,105)(H,93,108)(H,94,113)(H,95,117)(H,96,114)(H,103,104)(H,118,119)(H4,80,81,82)/t40-,41-,42+,45-,46-,47-,48-,49-,50-,51-,52-,53-,54-,55-,59-,60-,61-/m0/s1. The first-order chi connectivity index (χ1) is 57.6. The number of phenols is 1. The van der Waals surface area contributed by atoms with Gasteiger partial charge in [-0.2, -0.15) is 35.3 Å². The summed E-state index contributed by atoms with van der Waals surface area (Å²) in [6.45, 7) is 8.60. The fourth-order valence-corrected chi connectivity index (χ4v) is 13.2. The summed E-state index contributed by atoms with van der Waals surface area (Å²) < 4.78 is 0. The number of carbonyl (C=O) groups excluding carboxylic acids is 15. The van der Waals surface area contributed by atoms with Crippen molar-refractivity contribution in [1.82, 2.24) is 74.4 Å². The van der Waals surface area contributed by atoms with Gasteiger partial charge >= 0.3 is 11.9 Å². The number of nitrogens with one attached hydrogen (secondary N) is 14. The van der Waals surface area contributed by atoms with Gasteiger partial charge < -0.3 is 134 Å². The zero-order valence-corrected chi connectivity index (χ0v) is 73.3. The van der Waals surface area contributed by atoms with Gasteiger partial charge in [-0.3, -0.25) is 81.7 Å². The van der Waals surface area contributed by atoms with Crippen molar-refractivity contribution in [2.45, 2.75) is 242 Å². The van der Waals surface area contributed by atoms with Crippen LogP contribution in [-0.2, 0) is 87.9 Å². The van der Waals surface area contributed by atoms with Crippen molar-refractivity contribution in [2.75, 3.05) is 68.9 Å². The number of benzene rings is 1. The quantitative estimate of drug-likeness (QED) is 0.0164. The number of aromatic hydroxyl groups is 1. The monoisotopic (exact) mass is 1790 g/mol. The first kappa shape index (κ1) is 110. The number of aliphatic hydroxyl groups is 3. The van der Waals surface area contributed by atoms with Gasteiger partial charge in [0.25, 0.3) is 0 Å². The van der Waals surface area contributed by atoms with E-state index in [1.165, 1.54) is 59.6 Å². The van der Waals surface area contributed by atoms with E-state index in [9.17, 15) is 112 Å². The lowest BCUT2D eigenvalue weighted by Gasteiger charge is -2.30. The Balaban J connectivity index is 3.69. The highest BCUT2D eigenvalue weighted by Crippen LogP contribution is 2.18. The van der Waals surface area contributed by atoms with Gasteiger partial charge in [0.05, 0.1) is 31.9 Å². The number of phenolic OH excluding ortho intramolecular Hbond substituents is 1. The number of nitrogens with zero attached hydrogens (tertiary/aromatic N) is 1. The van der Waals surface area contributed by atoms with Crippen molar-refractivity contribution < 1.29 is 112 Å². The van der Waals surface area contributed by atoms with Crippen molar-refractivity contribution in [3.63, 3.8) is 0 Å². The third kappa shape index (κ3) is 42.8. The molecule has 1 aromatic carbocycles. The number of carboxylic acids is 2. The van der Waals surface area contributed by atoms with E-state index in [2.05, 4.69) is 79.4 Å². The summed E-state index contributed by atoms with van der Waals surface area (Å²) in [6.07, 6.45) is 1.78. The minimum absolute atomic E-state index is 0.00113. The summed E-state index contributed by atoms with van der Waals surface area (Å²) in [7, 11) is 0. The Morgan fingerprint density at radius 3 is 1.21 bits per heavy atom. The van der Waals surface area contributed by atoms with E-state index < -0.39 is 249 Å². The second kappa shape index (κ2) is 59.8. The molecule has 0 aliphatic heterocycles. The van der Waals surface area contributed by atoms with Crippen molar-refractivity contribution in [1.29, 1.82) is 0 Å². The van der Waals surface area contributed by atoms with E-state index in [-0.39, 0.29) is 119 Å². The molecule has 690 valence electrons. The molecule has 15 amide bonds. The van der Waals surface area contributed by atoms with Crippen molar-refractivity contribution in [3.8, 4) is 5.75 Å². The van der Waals surface area contributed by atoms with Gasteiger partial charge in [-0.05, 0) is 156 Å². The Hall–Kier alpha value is -9.87. The molecule has 46 heteroatoms. The van der Waals surface area contributed by atoms with Crippen LogP contribution in [0.15, 0.2) is 29.3 Å². The summed E-state index contributed by atoms with van der Waals surface area (Å²) in [5.74, 6) is -18.8. The zero-order chi connectivity index (χ0) is 92.5. The molecule has 1 aromatic rings. The molecular formula is C76H130N20O23S3. The second-order valence-corrected chi connectivity index (χ2v) is 32.6. The van der Waals surface area contributed by atoms with Crippen LogP contribution in [0.4, 0.5) is 0 Å². The molecule has 17 atom stereocenters. The number of rotatable bonds is 63. The molecule has 0 spiro atoms. The first-order valence-electron chi connectivity index (χ1n) is 40.2. The molecule has 0 radical (unpaired) electrons. The maximum Gasteiger partial charge on any atom is 0.328 e. The van der Waals surface area contributed by atoms with E-state index in [0.29, 0.717) is 12.0 Å². The number of aliphatic imine (C=N–C) groups is 1. The number of guanidine groups is 1. The number of aliphatic hydroxyl groups excluding tert-OH is 3. The molecule has 1 rings (SSSR count). The fraction of sp³-hybridized carbons (Fsp3) is 0.684. The van der Waals surface area contributed by atoms with Gasteiger partial charge in [-0.15, -0.1) is 0 Å². The average molecular weight is 1790 g/mol. The number of hydrogen-bond donors (Lipinski definition) is 25. The third-order valence-corrected chi connectivity index (χ3v) is 21.2. The number of unbranched alkanes of at least 4 members (excludes halogenated alkanes) is 1. The Labute approximate surface area is 722 Å². The molecule has 0 saturated heterocycles. The Bertz CT molecular complexity index is 3610. The van der Waals surface area contributed by atoms with Crippen LogP contribution in [0.5, 0.6) is 5.75 Å².